The molecule has 0 aliphatic carbocycles. The molecule has 4 rings (SSSR count). The molecule has 154 valence electrons. The number of benzene rings is 2. The maximum atomic E-state index is 13.4. The SMILES string of the molecule is CCCc1nc2oc3cc(OC)ccc3c(=O)c2c(=O)n1Cc1ccc(OC)cc1. The average molecular weight is 406 g/mol. The number of methoxy groups -OCH3 is 2. The number of ether oxygens (including phenoxy) is 2. The maximum Gasteiger partial charge on any atom is 0.269 e. The van der Waals surface area contributed by atoms with E-state index in [1.54, 1.807) is 29.9 Å². The van der Waals surface area contributed by atoms with Crippen molar-refractivity contribution in [2.45, 2.75) is 26.3 Å². The third kappa shape index (κ3) is 3.43. The van der Waals surface area contributed by atoms with Crippen LogP contribution in [0.1, 0.15) is 24.7 Å². The molecule has 0 unspecified atom stereocenters. The number of nitrogens with zero attached hydrogens (tertiary/aromatic N) is 2. The second-order valence-electron chi connectivity index (χ2n) is 6.99. The van der Waals surface area contributed by atoms with Crippen molar-refractivity contribution in [2.24, 2.45) is 0 Å². The van der Waals surface area contributed by atoms with E-state index >= 15 is 0 Å². The summed E-state index contributed by atoms with van der Waals surface area (Å²) >= 11 is 0. The summed E-state index contributed by atoms with van der Waals surface area (Å²) in [5.41, 5.74) is 0.518. The lowest BCUT2D eigenvalue weighted by Crippen LogP contribution is -2.29. The van der Waals surface area contributed by atoms with Gasteiger partial charge in [0.05, 0.1) is 26.2 Å². The summed E-state index contributed by atoms with van der Waals surface area (Å²) in [5, 5.41) is 0.280. The molecule has 2 aromatic heterocycles. The van der Waals surface area contributed by atoms with Gasteiger partial charge < -0.3 is 13.9 Å². The van der Waals surface area contributed by atoms with Crippen LogP contribution in [0.5, 0.6) is 11.5 Å². The highest BCUT2D eigenvalue weighted by Gasteiger charge is 2.18. The molecule has 0 N–H and O–H groups in total. The lowest BCUT2D eigenvalue weighted by molar-refractivity contribution is 0.414. The van der Waals surface area contributed by atoms with Gasteiger partial charge in [-0.05, 0) is 36.2 Å². The fourth-order valence-electron chi connectivity index (χ4n) is 3.48. The highest BCUT2D eigenvalue weighted by molar-refractivity contribution is 5.88. The van der Waals surface area contributed by atoms with Crippen LogP contribution in [-0.4, -0.2) is 23.8 Å². The van der Waals surface area contributed by atoms with E-state index in [4.69, 9.17) is 13.9 Å². The standard InChI is InChI=1S/C23H22N2O5/c1-4-5-19-24-22-20(21(26)17-11-10-16(29-3)12-18(17)30-22)23(27)25(19)13-14-6-8-15(28-2)9-7-14/h6-12H,4-5,13H2,1-3H3. The Morgan fingerprint density at radius 2 is 1.70 bits per heavy atom. The summed E-state index contributed by atoms with van der Waals surface area (Å²) in [6, 6.07) is 12.3. The molecule has 30 heavy (non-hydrogen) atoms. The van der Waals surface area contributed by atoms with Crippen LogP contribution >= 0.6 is 0 Å². The van der Waals surface area contributed by atoms with Crippen molar-refractivity contribution in [3.63, 3.8) is 0 Å². The molecule has 2 heterocycles. The van der Waals surface area contributed by atoms with Crippen LogP contribution in [0, 0.1) is 0 Å². The molecule has 0 radical (unpaired) electrons. The van der Waals surface area contributed by atoms with Crippen LogP contribution in [-0.2, 0) is 13.0 Å². The van der Waals surface area contributed by atoms with Gasteiger partial charge in [-0.25, -0.2) is 0 Å². The Kier molecular flexibility index (Phi) is 5.27. The lowest BCUT2D eigenvalue weighted by Gasteiger charge is -2.13. The Morgan fingerprint density at radius 3 is 2.37 bits per heavy atom. The first kappa shape index (κ1) is 19.7. The van der Waals surface area contributed by atoms with Crippen LogP contribution in [0.15, 0.2) is 56.5 Å². The number of aryl methyl sites for hydroxylation is 1. The van der Waals surface area contributed by atoms with Gasteiger partial charge in [0.15, 0.2) is 5.39 Å². The number of hydrogen-bond acceptors (Lipinski definition) is 6. The van der Waals surface area contributed by atoms with E-state index in [9.17, 15) is 9.59 Å². The van der Waals surface area contributed by atoms with Crippen molar-refractivity contribution >= 4 is 22.1 Å². The number of hydrogen-bond donors (Lipinski definition) is 0. The zero-order valence-corrected chi connectivity index (χ0v) is 17.1. The van der Waals surface area contributed by atoms with Crippen molar-refractivity contribution in [2.75, 3.05) is 14.2 Å². The molecule has 0 aliphatic rings. The van der Waals surface area contributed by atoms with Crippen molar-refractivity contribution < 1.29 is 13.9 Å². The molecular weight excluding hydrogens is 384 g/mol. The maximum absolute atomic E-state index is 13.4. The Bertz CT molecular complexity index is 1340. The number of aromatic nitrogens is 2. The van der Waals surface area contributed by atoms with E-state index in [1.807, 2.05) is 31.2 Å². The second kappa shape index (κ2) is 8.02. The van der Waals surface area contributed by atoms with Gasteiger partial charge in [0.2, 0.25) is 11.1 Å². The molecule has 0 bridgehead atoms. The van der Waals surface area contributed by atoms with Gasteiger partial charge in [-0.1, -0.05) is 19.1 Å². The first-order valence-corrected chi connectivity index (χ1v) is 9.73. The van der Waals surface area contributed by atoms with Gasteiger partial charge >= 0.3 is 0 Å². The first-order valence-electron chi connectivity index (χ1n) is 9.73. The monoisotopic (exact) mass is 406 g/mol. The highest BCUT2D eigenvalue weighted by Crippen LogP contribution is 2.21. The van der Waals surface area contributed by atoms with E-state index in [-0.39, 0.29) is 11.1 Å². The van der Waals surface area contributed by atoms with Gasteiger partial charge in [-0.2, -0.15) is 4.98 Å². The topological polar surface area (TPSA) is 83.6 Å². The van der Waals surface area contributed by atoms with Crippen LogP contribution in [0.3, 0.4) is 0 Å². The number of rotatable bonds is 6. The van der Waals surface area contributed by atoms with Crippen LogP contribution in [0.2, 0.25) is 0 Å². The Labute approximate surface area is 172 Å². The summed E-state index contributed by atoms with van der Waals surface area (Å²) in [7, 11) is 3.14. The minimum absolute atomic E-state index is 0.0407. The molecular formula is C23H22N2O5. The zero-order chi connectivity index (χ0) is 21.3. The normalized spacial score (nSPS) is 11.2. The molecule has 0 saturated heterocycles. The van der Waals surface area contributed by atoms with E-state index in [1.165, 1.54) is 7.11 Å². The third-order valence-electron chi connectivity index (χ3n) is 5.06. The first-order chi connectivity index (χ1) is 14.5. The lowest BCUT2D eigenvalue weighted by atomic mass is 10.1. The van der Waals surface area contributed by atoms with Crippen LogP contribution in [0.4, 0.5) is 0 Å². The molecule has 0 spiro atoms. The van der Waals surface area contributed by atoms with Gasteiger partial charge in [-0.3, -0.25) is 14.2 Å². The number of fused-ring (bicyclic) bond motifs is 2. The summed E-state index contributed by atoms with van der Waals surface area (Å²) in [5.74, 6) is 1.88. The van der Waals surface area contributed by atoms with Crippen LogP contribution in [0.25, 0.3) is 22.1 Å². The molecule has 0 aliphatic heterocycles. The largest absolute Gasteiger partial charge is 0.497 e. The Morgan fingerprint density at radius 1 is 1.00 bits per heavy atom. The molecule has 7 heteroatoms. The smallest absolute Gasteiger partial charge is 0.269 e. The van der Waals surface area contributed by atoms with Crippen LogP contribution < -0.4 is 20.5 Å². The molecule has 0 fully saturated rings. The molecule has 0 amide bonds. The summed E-state index contributed by atoms with van der Waals surface area (Å²) in [4.78, 5) is 31.0. The molecule has 0 atom stereocenters. The quantitative estimate of drug-likeness (QED) is 0.456. The summed E-state index contributed by atoms with van der Waals surface area (Å²) < 4.78 is 17.8. The summed E-state index contributed by atoms with van der Waals surface area (Å²) in [6.45, 7) is 2.32. The second-order valence-corrected chi connectivity index (χ2v) is 6.99. The third-order valence-corrected chi connectivity index (χ3v) is 5.06. The predicted molar refractivity (Wildman–Crippen MR) is 115 cm³/mol. The fraction of sp³-hybridized carbons (Fsp3) is 0.261. The fourth-order valence-corrected chi connectivity index (χ4v) is 3.48. The molecule has 4 aromatic rings. The van der Waals surface area contributed by atoms with Gasteiger partial charge in [-0.15, -0.1) is 0 Å². The predicted octanol–water partition coefficient (Wildman–Crippen LogP) is 3.52. The Hall–Kier alpha value is -3.61. The average Bonchev–Trinajstić information content (AvgIpc) is 2.76. The van der Waals surface area contributed by atoms with Crippen molar-refractivity contribution in [1.82, 2.24) is 9.55 Å². The van der Waals surface area contributed by atoms with Crippen molar-refractivity contribution in [1.29, 1.82) is 0 Å². The van der Waals surface area contributed by atoms with E-state index in [2.05, 4.69) is 4.98 Å². The van der Waals surface area contributed by atoms with E-state index in [0.29, 0.717) is 35.5 Å². The summed E-state index contributed by atoms with van der Waals surface area (Å²) in [6.07, 6.45) is 1.38. The zero-order valence-electron chi connectivity index (χ0n) is 17.1. The van der Waals surface area contributed by atoms with E-state index < -0.39 is 11.0 Å². The van der Waals surface area contributed by atoms with Crippen molar-refractivity contribution in [3.8, 4) is 11.5 Å². The molecule has 2 aromatic carbocycles. The van der Waals surface area contributed by atoms with Crippen molar-refractivity contribution in [3.05, 3.63) is 74.4 Å². The minimum Gasteiger partial charge on any atom is -0.497 e. The van der Waals surface area contributed by atoms with Gasteiger partial charge in [0.25, 0.3) is 5.56 Å². The molecule has 7 nitrogen and oxygen atoms in total. The van der Waals surface area contributed by atoms with Gasteiger partial charge in [0.1, 0.15) is 22.9 Å². The highest BCUT2D eigenvalue weighted by atomic mass is 16.5. The van der Waals surface area contributed by atoms with Gasteiger partial charge in [0, 0.05) is 12.5 Å². The Balaban J connectivity index is 1.94. The van der Waals surface area contributed by atoms with E-state index in [0.717, 1.165) is 17.7 Å². The molecule has 0 saturated carbocycles. The minimum atomic E-state index is -0.397.